The van der Waals surface area contributed by atoms with Gasteiger partial charge in [-0.15, -0.1) is 0 Å². The van der Waals surface area contributed by atoms with Crippen LogP contribution >= 0.6 is 0 Å². The molecule has 196 valence electrons. The van der Waals surface area contributed by atoms with Crippen LogP contribution in [0.4, 0.5) is 0 Å². The molecule has 1 atom stereocenters. The molecule has 0 saturated carbocycles. The minimum absolute atomic E-state index is 0.00971. The molecule has 0 N–H and O–H groups in total. The first-order valence-corrected chi connectivity index (χ1v) is 11.8. The van der Waals surface area contributed by atoms with E-state index in [1.54, 1.807) is 49.6 Å². The van der Waals surface area contributed by atoms with Crippen molar-refractivity contribution >= 4 is 16.9 Å². The monoisotopic (exact) mass is 518 g/mol. The molecule has 5 rings (SSSR count). The van der Waals surface area contributed by atoms with Gasteiger partial charge in [0.25, 0.3) is 0 Å². The van der Waals surface area contributed by atoms with Crippen molar-refractivity contribution in [1.82, 2.24) is 0 Å². The second kappa shape index (κ2) is 10.0. The first kappa shape index (κ1) is 25.0. The third-order valence-electron chi connectivity index (χ3n) is 6.69. The highest BCUT2D eigenvalue weighted by atomic mass is 16.5. The fraction of sp³-hybridized carbons (Fsp3) is 0.241. The molecule has 0 aliphatic carbocycles. The SMILES string of the molecule is COc1ccc(-c2coc3c4c(cc(OC)c3c2=O)OC(=O)C[C@H]4c2ccc(OC)c(OC)c2OC)cc1. The fourth-order valence-electron chi connectivity index (χ4n) is 4.91. The summed E-state index contributed by atoms with van der Waals surface area (Å²) in [5.74, 6) is 1.39. The predicted octanol–water partition coefficient (Wildman–Crippen LogP) is 4.94. The molecule has 2 heterocycles. The molecule has 1 aliphatic heterocycles. The summed E-state index contributed by atoms with van der Waals surface area (Å²) >= 11 is 0. The topological polar surface area (TPSA) is 103 Å². The van der Waals surface area contributed by atoms with E-state index in [0.29, 0.717) is 45.3 Å². The first-order chi connectivity index (χ1) is 18.4. The van der Waals surface area contributed by atoms with E-state index in [2.05, 4.69) is 0 Å². The zero-order chi connectivity index (χ0) is 27.0. The van der Waals surface area contributed by atoms with Gasteiger partial charge in [-0.2, -0.15) is 0 Å². The molecule has 1 aromatic heterocycles. The van der Waals surface area contributed by atoms with Crippen LogP contribution < -0.4 is 33.8 Å². The van der Waals surface area contributed by atoms with Gasteiger partial charge in [-0.05, 0) is 23.8 Å². The number of carbonyl (C=O) groups excluding carboxylic acids is 1. The Bertz CT molecular complexity index is 1590. The van der Waals surface area contributed by atoms with Crippen LogP contribution in [0.2, 0.25) is 0 Å². The van der Waals surface area contributed by atoms with Crippen molar-refractivity contribution in [2.75, 3.05) is 35.5 Å². The van der Waals surface area contributed by atoms with Crippen molar-refractivity contribution in [1.29, 1.82) is 0 Å². The summed E-state index contributed by atoms with van der Waals surface area (Å²) < 4.78 is 39.2. The second-order valence-electron chi connectivity index (χ2n) is 8.56. The normalized spacial score (nSPS) is 14.4. The van der Waals surface area contributed by atoms with Crippen molar-refractivity contribution in [2.24, 2.45) is 0 Å². The van der Waals surface area contributed by atoms with Gasteiger partial charge in [-0.3, -0.25) is 9.59 Å². The standard InChI is InChI=1S/C29H26O9/c1-32-16-8-6-15(7-9-16)19-14-37-29-24-18(17-10-11-20(33-2)28(36-5)27(17)35-4)12-23(30)38-22(24)13-21(34-3)25(29)26(19)31/h6-11,13-14,18H,12H2,1-5H3/t18-/m0/s1. The first-order valence-electron chi connectivity index (χ1n) is 11.8. The Hall–Kier alpha value is -4.66. The number of hydrogen-bond donors (Lipinski definition) is 0. The van der Waals surface area contributed by atoms with Crippen molar-refractivity contribution in [3.05, 3.63) is 70.1 Å². The molecule has 0 spiro atoms. The van der Waals surface area contributed by atoms with Crippen LogP contribution in [-0.4, -0.2) is 41.5 Å². The van der Waals surface area contributed by atoms with Crippen LogP contribution in [0.3, 0.4) is 0 Å². The van der Waals surface area contributed by atoms with Gasteiger partial charge in [-0.1, -0.05) is 18.2 Å². The number of carbonyl (C=O) groups is 1. The highest BCUT2D eigenvalue weighted by Gasteiger charge is 2.36. The van der Waals surface area contributed by atoms with Crippen molar-refractivity contribution in [3.8, 4) is 45.6 Å². The molecule has 1 aliphatic rings. The highest BCUT2D eigenvalue weighted by molar-refractivity contribution is 5.94. The van der Waals surface area contributed by atoms with Crippen LogP contribution in [0.1, 0.15) is 23.5 Å². The molecule has 0 bridgehead atoms. The van der Waals surface area contributed by atoms with Crippen molar-refractivity contribution < 1.29 is 37.6 Å². The largest absolute Gasteiger partial charge is 0.497 e. The summed E-state index contributed by atoms with van der Waals surface area (Å²) in [6.07, 6.45) is 1.40. The quantitative estimate of drug-likeness (QED) is 0.248. The highest BCUT2D eigenvalue weighted by Crippen LogP contribution is 2.51. The molecule has 9 heteroatoms. The molecular weight excluding hydrogens is 492 g/mol. The van der Waals surface area contributed by atoms with Gasteiger partial charge in [0.1, 0.15) is 34.5 Å². The Morgan fingerprint density at radius 1 is 0.789 bits per heavy atom. The minimum atomic E-state index is -0.565. The smallest absolute Gasteiger partial charge is 0.312 e. The van der Waals surface area contributed by atoms with Crippen LogP contribution in [0.25, 0.3) is 22.1 Å². The Morgan fingerprint density at radius 3 is 2.13 bits per heavy atom. The molecule has 3 aromatic carbocycles. The van der Waals surface area contributed by atoms with E-state index < -0.39 is 11.9 Å². The maximum absolute atomic E-state index is 13.8. The number of hydrogen-bond acceptors (Lipinski definition) is 9. The molecule has 38 heavy (non-hydrogen) atoms. The molecular formula is C29H26O9. The van der Waals surface area contributed by atoms with E-state index in [4.69, 9.17) is 32.8 Å². The van der Waals surface area contributed by atoms with E-state index in [0.717, 1.165) is 0 Å². The number of rotatable bonds is 7. The lowest BCUT2D eigenvalue weighted by Crippen LogP contribution is -2.23. The molecule has 4 aromatic rings. The van der Waals surface area contributed by atoms with Crippen LogP contribution in [0.15, 0.2) is 57.9 Å². The lowest BCUT2D eigenvalue weighted by molar-refractivity contribution is -0.135. The van der Waals surface area contributed by atoms with Crippen molar-refractivity contribution in [3.63, 3.8) is 0 Å². The average Bonchev–Trinajstić information content (AvgIpc) is 2.95. The van der Waals surface area contributed by atoms with Crippen LogP contribution in [0, 0.1) is 0 Å². The molecule has 9 nitrogen and oxygen atoms in total. The number of ether oxygens (including phenoxy) is 6. The van der Waals surface area contributed by atoms with Gasteiger partial charge in [-0.25, -0.2) is 0 Å². The van der Waals surface area contributed by atoms with E-state index in [-0.39, 0.29) is 34.3 Å². The van der Waals surface area contributed by atoms with Crippen LogP contribution in [0.5, 0.6) is 34.5 Å². The molecule has 0 fully saturated rings. The van der Waals surface area contributed by atoms with E-state index in [1.165, 1.54) is 34.7 Å². The Morgan fingerprint density at radius 2 is 1.50 bits per heavy atom. The third-order valence-corrected chi connectivity index (χ3v) is 6.69. The Balaban J connectivity index is 1.78. The minimum Gasteiger partial charge on any atom is -0.497 e. The molecule has 0 radical (unpaired) electrons. The summed E-state index contributed by atoms with van der Waals surface area (Å²) in [4.78, 5) is 26.5. The van der Waals surface area contributed by atoms with Gasteiger partial charge in [0.2, 0.25) is 11.2 Å². The van der Waals surface area contributed by atoms with Gasteiger partial charge in [0, 0.05) is 23.1 Å². The number of fused-ring (bicyclic) bond motifs is 3. The summed E-state index contributed by atoms with van der Waals surface area (Å²) in [6, 6.07) is 12.2. The van der Waals surface area contributed by atoms with Gasteiger partial charge in [0.15, 0.2) is 11.5 Å². The number of esters is 1. The average molecular weight is 519 g/mol. The van der Waals surface area contributed by atoms with E-state index >= 15 is 0 Å². The summed E-state index contributed by atoms with van der Waals surface area (Å²) in [5.41, 5.74) is 2.17. The van der Waals surface area contributed by atoms with Gasteiger partial charge in [0.05, 0.1) is 47.5 Å². The molecule has 0 unspecified atom stereocenters. The Kier molecular flexibility index (Phi) is 6.59. The third kappa shape index (κ3) is 3.96. The summed E-state index contributed by atoms with van der Waals surface area (Å²) in [7, 11) is 7.56. The zero-order valence-electron chi connectivity index (χ0n) is 21.6. The number of benzene rings is 3. The summed E-state index contributed by atoms with van der Waals surface area (Å²) in [6.45, 7) is 0. The Labute approximate surface area is 218 Å². The van der Waals surface area contributed by atoms with Crippen molar-refractivity contribution in [2.45, 2.75) is 12.3 Å². The number of methoxy groups -OCH3 is 5. The van der Waals surface area contributed by atoms with Gasteiger partial charge < -0.3 is 32.8 Å². The summed E-state index contributed by atoms with van der Waals surface area (Å²) in [5, 5.41) is 0.238. The maximum Gasteiger partial charge on any atom is 0.312 e. The van der Waals surface area contributed by atoms with E-state index in [9.17, 15) is 9.59 Å². The van der Waals surface area contributed by atoms with Crippen LogP contribution in [-0.2, 0) is 4.79 Å². The van der Waals surface area contributed by atoms with Gasteiger partial charge >= 0.3 is 5.97 Å². The molecule has 0 amide bonds. The maximum atomic E-state index is 13.8. The fourth-order valence-corrected chi connectivity index (χ4v) is 4.91. The molecule has 0 saturated heterocycles. The van der Waals surface area contributed by atoms with E-state index in [1.807, 2.05) is 0 Å². The second-order valence-corrected chi connectivity index (χ2v) is 8.56. The lowest BCUT2D eigenvalue weighted by atomic mass is 9.84. The zero-order valence-corrected chi connectivity index (χ0v) is 21.6. The predicted molar refractivity (Wildman–Crippen MR) is 139 cm³/mol. The lowest BCUT2D eigenvalue weighted by Gasteiger charge is -2.28.